The van der Waals surface area contributed by atoms with E-state index in [1.165, 1.54) is 5.56 Å². The van der Waals surface area contributed by atoms with E-state index >= 15 is 0 Å². The Hall–Kier alpha value is -3.80. The van der Waals surface area contributed by atoms with Crippen LogP contribution in [0, 0.1) is 6.92 Å². The zero-order valence-corrected chi connectivity index (χ0v) is 16.6. The number of carbonyl (C=O) groups is 1. The van der Waals surface area contributed by atoms with Crippen molar-refractivity contribution in [3.05, 3.63) is 89.0 Å². The van der Waals surface area contributed by atoms with Crippen LogP contribution in [0.1, 0.15) is 22.3 Å². The van der Waals surface area contributed by atoms with Crippen molar-refractivity contribution in [2.75, 3.05) is 6.79 Å². The molecule has 152 valence electrons. The van der Waals surface area contributed by atoms with Gasteiger partial charge < -0.3 is 14.2 Å². The molecule has 4 rings (SSSR count). The Morgan fingerprint density at radius 1 is 1.03 bits per heavy atom. The number of ether oxygens (including phenoxy) is 3. The van der Waals surface area contributed by atoms with E-state index in [2.05, 4.69) is 41.7 Å². The smallest absolute Gasteiger partial charge is 0.244 e. The minimum absolute atomic E-state index is 0.202. The summed E-state index contributed by atoms with van der Waals surface area (Å²) >= 11 is 0. The fraction of sp³-hybridized carbons (Fsp3) is 0.167. The molecule has 3 aromatic carbocycles. The van der Waals surface area contributed by atoms with E-state index in [4.69, 9.17) is 14.2 Å². The molecule has 1 heterocycles. The van der Waals surface area contributed by atoms with Crippen LogP contribution in [0.4, 0.5) is 0 Å². The van der Waals surface area contributed by atoms with Crippen LogP contribution in [0.15, 0.2) is 71.8 Å². The van der Waals surface area contributed by atoms with E-state index in [1.54, 1.807) is 18.3 Å². The van der Waals surface area contributed by atoms with Crippen molar-refractivity contribution in [3.8, 4) is 17.2 Å². The van der Waals surface area contributed by atoms with Crippen molar-refractivity contribution < 1.29 is 19.0 Å². The minimum atomic E-state index is -0.211. The van der Waals surface area contributed by atoms with Gasteiger partial charge >= 0.3 is 0 Å². The third kappa shape index (κ3) is 5.17. The van der Waals surface area contributed by atoms with Gasteiger partial charge in [0.25, 0.3) is 0 Å². The molecule has 0 aromatic heterocycles. The summed E-state index contributed by atoms with van der Waals surface area (Å²) in [6, 6.07) is 21.2. The molecule has 1 amide bonds. The quantitative estimate of drug-likeness (QED) is 0.479. The molecular weight excluding hydrogens is 380 g/mol. The average molecular weight is 402 g/mol. The first-order valence-corrected chi connectivity index (χ1v) is 9.64. The Balaban J connectivity index is 1.28. The summed E-state index contributed by atoms with van der Waals surface area (Å²) in [5.74, 6) is 1.89. The predicted molar refractivity (Wildman–Crippen MR) is 114 cm³/mol. The molecule has 0 atom stereocenters. The highest BCUT2D eigenvalue weighted by atomic mass is 16.7. The Bertz CT molecular complexity index is 1060. The number of benzene rings is 3. The molecule has 3 aromatic rings. The van der Waals surface area contributed by atoms with Crippen LogP contribution in [0.25, 0.3) is 0 Å². The lowest BCUT2D eigenvalue weighted by Gasteiger charge is -2.07. The van der Waals surface area contributed by atoms with Gasteiger partial charge in [-0.05, 0) is 47.9 Å². The molecule has 6 nitrogen and oxygen atoms in total. The van der Waals surface area contributed by atoms with Gasteiger partial charge in [0.05, 0.1) is 12.6 Å². The highest BCUT2D eigenvalue weighted by Crippen LogP contribution is 2.32. The Kier molecular flexibility index (Phi) is 5.94. The van der Waals surface area contributed by atoms with Gasteiger partial charge in [0.2, 0.25) is 12.7 Å². The summed E-state index contributed by atoms with van der Waals surface area (Å²) in [7, 11) is 0. The van der Waals surface area contributed by atoms with Crippen molar-refractivity contribution >= 4 is 12.1 Å². The standard InChI is InChI=1S/C24H22N2O4/c1-17-5-7-18(8-6-17)15-28-21-4-2-3-20(11-21)14-25-26-24(27)13-19-9-10-22-23(12-19)30-16-29-22/h2-12,14H,13,15-16H2,1H3,(H,26,27)/b25-14-. The van der Waals surface area contributed by atoms with Gasteiger partial charge in [0.15, 0.2) is 11.5 Å². The maximum atomic E-state index is 12.1. The lowest BCUT2D eigenvalue weighted by atomic mass is 10.1. The summed E-state index contributed by atoms with van der Waals surface area (Å²) < 4.78 is 16.4. The van der Waals surface area contributed by atoms with Crippen molar-refractivity contribution in [3.63, 3.8) is 0 Å². The van der Waals surface area contributed by atoms with E-state index in [1.807, 2.05) is 30.3 Å². The first-order valence-electron chi connectivity index (χ1n) is 9.64. The molecule has 0 aliphatic carbocycles. The third-order valence-electron chi connectivity index (χ3n) is 4.59. The number of nitrogens with one attached hydrogen (secondary N) is 1. The number of aryl methyl sites for hydroxylation is 1. The van der Waals surface area contributed by atoms with Crippen molar-refractivity contribution in [1.29, 1.82) is 0 Å². The maximum Gasteiger partial charge on any atom is 0.244 e. The molecule has 1 aliphatic heterocycles. The third-order valence-corrected chi connectivity index (χ3v) is 4.59. The van der Waals surface area contributed by atoms with Crippen LogP contribution in [-0.2, 0) is 17.8 Å². The van der Waals surface area contributed by atoms with Crippen molar-refractivity contribution in [1.82, 2.24) is 5.43 Å². The number of rotatable bonds is 7. The van der Waals surface area contributed by atoms with Gasteiger partial charge in [-0.2, -0.15) is 5.10 Å². The van der Waals surface area contributed by atoms with E-state index in [9.17, 15) is 4.79 Å². The summed E-state index contributed by atoms with van der Waals surface area (Å²) in [4.78, 5) is 12.1. The second-order valence-corrected chi connectivity index (χ2v) is 7.00. The SMILES string of the molecule is Cc1ccc(COc2cccc(/C=N\NC(=O)Cc3ccc4c(c3)OCO4)c2)cc1. The molecule has 0 saturated heterocycles. The molecule has 30 heavy (non-hydrogen) atoms. The van der Waals surface area contributed by atoms with E-state index in [0.717, 1.165) is 22.4 Å². The molecular formula is C24H22N2O4. The molecule has 6 heteroatoms. The summed E-state index contributed by atoms with van der Waals surface area (Å²) in [6.07, 6.45) is 1.80. The fourth-order valence-electron chi connectivity index (χ4n) is 2.99. The number of hydrazone groups is 1. The number of hydrogen-bond acceptors (Lipinski definition) is 5. The molecule has 1 aliphatic rings. The Labute approximate surface area is 175 Å². The first-order chi connectivity index (χ1) is 14.7. The van der Waals surface area contributed by atoms with Crippen molar-refractivity contribution in [2.24, 2.45) is 5.10 Å². The second-order valence-electron chi connectivity index (χ2n) is 7.00. The lowest BCUT2D eigenvalue weighted by Crippen LogP contribution is -2.19. The van der Waals surface area contributed by atoms with Crippen molar-refractivity contribution in [2.45, 2.75) is 20.0 Å². The lowest BCUT2D eigenvalue weighted by molar-refractivity contribution is -0.120. The van der Waals surface area contributed by atoms with Gasteiger partial charge in [-0.1, -0.05) is 48.0 Å². The molecule has 0 spiro atoms. The zero-order chi connectivity index (χ0) is 20.8. The van der Waals surface area contributed by atoms with E-state index < -0.39 is 0 Å². The normalized spacial score (nSPS) is 12.2. The predicted octanol–water partition coefficient (Wildman–Crippen LogP) is 4.00. The van der Waals surface area contributed by atoms with Crippen LogP contribution >= 0.6 is 0 Å². The van der Waals surface area contributed by atoms with E-state index in [0.29, 0.717) is 18.1 Å². The number of nitrogens with zero attached hydrogens (tertiary/aromatic N) is 1. The largest absolute Gasteiger partial charge is 0.489 e. The van der Waals surface area contributed by atoms with Crippen LogP contribution in [0.2, 0.25) is 0 Å². The van der Waals surface area contributed by atoms with Gasteiger partial charge in [-0.3, -0.25) is 4.79 Å². The molecule has 0 fully saturated rings. The molecule has 0 saturated carbocycles. The highest BCUT2D eigenvalue weighted by molar-refractivity contribution is 5.83. The number of fused-ring (bicyclic) bond motifs is 1. The van der Waals surface area contributed by atoms with Crippen LogP contribution in [-0.4, -0.2) is 18.9 Å². The molecule has 0 radical (unpaired) electrons. The van der Waals surface area contributed by atoms with Crippen LogP contribution in [0.3, 0.4) is 0 Å². The maximum absolute atomic E-state index is 12.1. The molecule has 0 unspecified atom stereocenters. The number of carbonyl (C=O) groups excluding carboxylic acids is 1. The van der Waals surface area contributed by atoms with Gasteiger partial charge in [0.1, 0.15) is 12.4 Å². The first kappa shape index (κ1) is 19.5. The number of amides is 1. The fourth-order valence-corrected chi connectivity index (χ4v) is 2.99. The van der Waals surface area contributed by atoms with Crippen LogP contribution < -0.4 is 19.6 Å². The minimum Gasteiger partial charge on any atom is -0.489 e. The number of hydrogen-bond donors (Lipinski definition) is 1. The van der Waals surface area contributed by atoms with Gasteiger partial charge in [-0.25, -0.2) is 5.43 Å². The second kappa shape index (κ2) is 9.13. The summed E-state index contributed by atoms with van der Waals surface area (Å²) in [6.45, 7) is 2.76. The zero-order valence-electron chi connectivity index (χ0n) is 16.6. The Morgan fingerprint density at radius 3 is 2.70 bits per heavy atom. The molecule has 0 bridgehead atoms. The average Bonchev–Trinajstić information content (AvgIpc) is 3.21. The Morgan fingerprint density at radius 2 is 1.83 bits per heavy atom. The topological polar surface area (TPSA) is 69.2 Å². The van der Waals surface area contributed by atoms with Gasteiger partial charge in [-0.15, -0.1) is 0 Å². The highest BCUT2D eigenvalue weighted by Gasteiger charge is 2.14. The molecule has 1 N–H and O–H groups in total. The summed E-state index contributed by atoms with van der Waals surface area (Å²) in [5, 5.41) is 4.04. The summed E-state index contributed by atoms with van der Waals surface area (Å²) in [5.41, 5.74) is 6.54. The van der Waals surface area contributed by atoms with E-state index in [-0.39, 0.29) is 19.1 Å². The van der Waals surface area contributed by atoms with Gasteiger partial charge in [0, 0.05) is 0 Å². The van der Waals surface area contributed by atoms with Crippen LogP contribution in [0.5, 0.6) is 17.2 Å². The monoisotopic (exact) mass is 402 g/mol.